The van der Waals surface area contributed by atoms with E-state index in [2.05, 4.69) is 6.07 Å². The zero-order valence-corrected chi connectivity index (χ0v) is 11.8. The minimum Gasteiger partial charge on any atom is -0.482 e. The van der Waals surface area contributed by atoms with Gasteiger partial charge in [0.15, 0.2) is 6.61 Å². The van der Waals surface area contributed by atoms with Crippen LogP contribution in [0.5, 0.6) is 5.75 Å². The predicted molar refractivity (Wildman–Crippen MR) is 76.2 cm³/mol. The first-order chi connectivity index (χ1) is 9.70. The monoisotopic (exact) mass is 272 g/mol. The number of nitrogens with zero attached hydrogens (tertiary/aromatic N) is 2. The van der Waals surface area contributed by atoms with Crippen molar-refractivity contribution in [2.24, 2.45) is 5.92 Å². The SMILES string of the molecule is CN(CC1CCCC1)C(=O)COc1ccccc1C#N. The van der Waals surface area contributed by atoms with Gasteiger partial charge in [-0.25, -0.2) is 0 Å². The molecule has 4 heteroatoms. The fourth-order valence-electron chi connectivity index (χ4n) is 2.62. The molecule has 1 aromatic carbocycles. The Balaban J connectivity index is 1.83. The lowest BCUT2D eigenvalue weighted by atomic mass is 10.1. The van der Waals surface area contributed by atoms with E-state index in [4.69, 9.17) is 10.00 Å². The lowest BCUT2D eigenvalue weighted by Gasteiger charge is -2.21. The lowest BCUT2D eigenvalue weighted by Crippen LogP contribution is -2.34. The van der Waals surface area contributed by atoms with Gasteiger partial charge in [0.25, 0.3) is 5.91 Å². The number of carbonyl (C=O) groups is 1. The summed E-state index contributed by atoms with van der Waals surface area (Å²) in [6, 6.07) is 9.02. The van der Waals surface area contributed by atoms with E-state index in [0.29, 0.717) is 17.2 Å². The van der Waals surface area contributed by atoms with Crippen molar-refractivity contribution in [1.82, 2.24) is 4.90 Å². The van der Waals surface area contributed by atoms with E-state index in [1.54, 1.807) is 29.2 Å². The van der Waals surface area contributed by atoms with Crippen LogP contribution in [0.3, 0.4) is 0 Å². The lowest BCUT2D eigenvalue weighted by molar-refractivity contribution is -0.132. The summed E-state index contributed by atoms with van der Waals surface area (Å²) in [7, 11) is 1.82. The molecular formula is C16H20N2O2. The van der Waals surface area contributed by atoms with Gasteiger partial charge in [0, 0.05) is 13.6 Å². The Labute approximate surface area is 120 Å². The molecule has 4 nitrogen and oxygen atoms in total. The van der Waals surface area contributed by atoms with Crippen molar-refractivity contribution < 1.29 is 9.53 Å². The molecule has 0 aliphatic heterocycles. The van der Waals surface area contributed by atoms with E-state index < -0.39 is 0 Å². The minimum absolute atomic E-state index is 0.0120. The minimum atomic E-state index is -0.0374. The molecule has 1 aromatic rings. The zero-order valence-electron chi connectivity index (χ0n) is 11.8. The van der Waals surface area contributed by atoms with Gasteiger partial charge in [-0.15, -0.1) is 0 Å². The Hall–Kier alpha value is -2.02. The van der Waals surface area contributed by atoms with Crippen LogP contribution >= 0.6 is 0 Å². The molecule has 1 fully saturated rings. The molecule has 0 unspecified atom stereocenters. The topological polar surface area (TPSA) is 53.3 Å². The molecule has 0 N–H and O–H groups in total. The highest BCUT2D eigenvalue weighted by atomic mass is 16.5. The van der Waals surface area contributed by atoms with Crippen LogP contribution in [0.2, 0.25) is 0 Å². The number of para-hydroxylation sites is 1. The van der Waals surface area contributed by atoms with Crippen LogP contribution in [0.25, 0.3) is 0 Å². The van der Waals surface area contributed by atoms with Crippen LogP contribution in [0.1, 0.15) is 31.2 Å². The van der Waals surface area contributed by atoms with Gasteiger partial charge >= 0.3 is 0 Å². The van der Waals surface area contributed by atoms with Crippen LogP contribution in [0, 0.1) is 17.2 Å². The number of hydrogen-bond acceptors (Lipinski definition) is 3. The van der Waals surface area contributed by atoms with E-state index in [1.807, 2.05) is 7.05 Å². The molecule has 20 heavy (non-hydrogen) atoms. The first kappa shape index (κ1) is 14.4. The molecule has 0 bridgehead atoms. The number of benzene rings is 1. The average Bonchev–Trinajstić information content (AvgIpc) is 2.97. The molecular weight excluding hydrogens is 252 g/mol. The van der Waals surface area contributed by atoms with Gasteiger partial charge < -0.3 is 9.64 Å². The molecule has 1 amide bonds. The Morgan fingerprint density at radius 3 is 2.80 bits per heavy atom. The van der Waals surface area contributed by atoms with Gasteiger partial charge in [-0.2, -0.15) is 5.26 Å². The van der Waals surface area contributed by atoms with Crippen LogP contribution in [0.15, 0.2) is 24.3 Å². The molecule has 106 valence electrons. The quantitative estimate of drug-likeness (QED) is 0.828. The number of hydrogen-bond donors (Lipinski definition) is 0. The zero-order chi connectivity index (χ0) is 14.4. The van der Waals surface area contributed by atoms with Gasteiger partial charge in [0.2, 0.25) is 0 Å². The first-order valence-corrected chi connectivity index (χ1v) is 7.06. The van der Waals surface area contributed by atoms with Gasteiger partial charge in [0.05, 0.1) is 5.56 Å². The third-order valence-electron chi connectivity index (χ3n) is 3.79. The number of likely N-dealkylation sites (N-methyl/N-ethyl adjacent to an activating group) is 1. The standard InChI is InChI=1S/C16H20N2O2/c1-18(11-13-6-2-3-7-13)16(19)12-20-15-9-5-4-8-14(15)10-17/h4-5,8-9,13H,2-3,6-7,11-12H2,1H3. The number of rotatable bonds is 5. The summed E-state index contributed by atoms with van der Waals surface area (Å²) in [5, 5.41) is 8.96. The molecule has 0 atom stereocenters. The highest BCUT2D eigenvalue weighted by Crippen LogP contribution is 2.25. The Morgan fingerprint density at radius 1 is 1.40 bits per heavy atom. The second kappa shape index (κ2) is 6.95. The Kier molecular flexibility index (Phi) is 5.00. The van der Waals surface area contributed by atoms with Crippen LogP contribution in [-0.2, 0) is 4.79 Å². The summed E-state index contributed by atoms with van der Waals surface area (Å²) in [4.78, 5) is 13.8. The molecule has 2 rings (SSSR count). The normalized spacial score (nSPS) is 14.8. The predicted octanol–water partition coefficient (Wildman–Crippen LogP) is 2.59. The number of nitriles is 1. The maximum absolute atomic E-state index is 12.0. The highest BCUT2D eigenvalue weighted by molar-refractivity contribution is 5.77. The third kappa shape index (κ3) is 3.74. The van der Waals surface area contributed by atoms with Crippen molar-refractivity contribution >= 4 is 5.91 Å². The average molecular weight is 272 g/mol. The molecule has 0 radical (unpaired) electrons. The third-order valence-corrected chi connectivity index (χ3v) is 3.79. The summed E-state index contributed by atoms with van der Waals surface area (Å²) < 4.78 is 5.46. The van der Waals surface area contributed by atoms with Crippen LogP contribution in [-0.4, -0.2) is 31.0 Å². The number of ether oxygens (including phenoxy) is 1. The smallest absolute Gasteiger partial charge is 0.260 e. The fraction of sp³-hybridized carbons (Fsp3) is 0.500. The van der Waals surface area contributed by atoms with Crippen molar-refractivity contribution in [1.29, 1.82) is 5.26 Å². The summed E-state index contributed by atoms with van der Waals surface area (Å²) in [6.45, 7) is 0.796. The molecule has 0 saturated heterocycles. The second-order valence-corrected chi connectivity index (χ2v) is 5.32. The second-order valence-electron chi connectivity index (χ2n) is 5.32. The Bertz CT molecular complexity index is 501. The van der Waals surface area contributed by atoms with E-state index in [-0.39, 0.29) is 12.5 Å². The highest BCUT2D eigenvalue weighted by Gasteiger charge is 2.19. The van der Waals surface area contributed by atoms with Gasteiger partial charge in [0.1, 0.15) is 11.8 Å². The van der Waals surface area contributed by atoms with E-state index in [1.165, 1.54) is 25.7 Å². The van der Waals surface area contributed by atoms with E-state index in [9.17, 15) is 4.79 Å². The number of carbonyl (C=O) groups excluding carboxylic acids is 1. The van der Waals surface area contributed by atoms with Crippen molar-refractivity contribution in [3.63, 3.8) is 0 Å². The molecule has 0 spiro atoms. The molecule has 1 saturated carbocycles. The molecule has 0 heterocycles. The van der Waals surface area contributed by atoms with Crippen molar-refractivity contribution in [2.45, 2.75) is 25.7 Å². The molecule has 0 aromatic heterocycles. The van der Waals surface area contributed by atoms with Gasteiger partial charge in [-0.3, -0.25) is 4.79 Å². The summed E-state index contributed by atoms with van der Waals surface area (Å²) in [6.07, 6.45) is 4.99. The largest absolute Gasteiger partial charge is 0.482 e. The summed E-state index contributed by atoms with van der Waals surface area (Å²) in [5.74, 6) is 1.07. The van der Waals surface area contributed by atoms with E-state index >= 15 is 0 Å². The molecule has 1 aliphatic rings. The first-order valence-electron chi connectivity index (χ1n) is 7.06. The van der Waals surface area contributed by atoms with Crippen molar-refractivity contribution in [2.75, 3.05) is 20.2 Å². The van der Waals surface area contributed by atoms with Crippen LogP contribution < -0.4 is 4.74 Å². The van der Waals surface area contributed by atoms with Crippen molar-refractivity contribution in [3.05, 3.63) is 29.8 Å². The Morgan fingerprint density at radius 2 is 2.10 bits per heavy atom. The summed E-state index contributed by atoms with van der Waals surface area (Å²) in [5.41, 5.74) is 0.457. The van der Waals surface area contributed by atoms with Crippen molar-refractivity contribution in [3.8, 4) is 11.8 Å². The maximum atomic E-state index is 12.0. The van der Waals surface area contributed by atoms with E-state index in [0.717, 1.165) is 6.54 Å². The maximum Gasteiger partial charge on any atom is 0.260 e. The van der Waals surface area contributed by atoms with Gasteiger partial charge in [-0.05, 0) is 30.9 Å². The fourth-order valence-corrected chi connectivity index (χ4v) is 2.62. The number of amides is 1. The molecule has 1 aliphatic carbocycles. The summed E-state index contributed by atoms with van der Waals surface area (Å²) >= 11 is 0. The van der Waals surface area contributed by atoms with Crippen LogP contribution in [0.4, 0.5) is 0 Å². The van der Waals surface area contributed by atoms with Gasteiger partial charge in [-0.1, -0.05) is 25.0 Å².